The van der Waals surface area contributed by atoms with Crippen LogP contribution in [0.3, 0.4) is 0 Å². The van der Waals surface area contributed by atoms with Gasteiger partial charge in [0.2, 0.25) is 0 Å². The lowest BCUT2D eigenvalue weighted by Crippen LogP contribution is -2.23. The molecule has 0 aromatic carbocycles. The first kappa shape index (κ1) is 19.1. The van der Waals surface area contributed by atoms with Crippen molar-refractivity contribution in [3.63, 3.8) is 0 Å². The van der Waals surface area contributed by atoms with Gasteiger partial charge in [0, 0.05) is 23.5 Å². The van der Waals surface area contributed by atoms with E-state index >= 15 is 0 Å². The van der Waals surface area contributed by atoms with Crippen molar-refractivity contribution in [2.24, 2.45) is 0 Å². The van der Waals surface area contributed by atoms with Gasteiger partial charge in [0.15, 0.2) is 5.78 Å². The first-order chi connectivity index (χ1) is 11.3. The Morgan fingerprint density at radius 1 is 1.46 bits per heavy atom. The van der Waals surface area contributed by atoms with Gasteiger partial charge in [-0.05, 0) is 19.1 Å². The summed E-state index contributed by atoms with van der Waals surface area (Å²) in [5.41, 5.74) is 1.44. The van der Waals surface area contributed by atoms with Gasteiger partial charge < -0.3 is 9.30 Å². The molecule has 0 spiro atoms. The van der Waals surface area contributed by atoms with E-state index < -0.39 is 0 Å². The van der Waals surface area contributed by atoms with Crippen LogP contribution in [0.4, 0.5) is 0 Å². The van der Waals surface area contributed by atoms with Crippen LogP contribution >= 0.6 is 20.2 Å². The molecule has 0 radical (unpaired) electrons. The SMILES string of the molecule is COCC(C)(C)PCC(=O)c1c(C)ncn1C1C=CC=C(Cl)C=C1. The Balaban J connectivity index is 2.18. The highest BCUT2D eigenvalue weighted by Crippen LogP contribution is 2.32. The van der Waals surface area contributed by atoms with Crippen molar-refractivity contribution < 1.29 is 9.53 Å². The number of ketones is 1. The summed E-state index contributed by atoms with van der Waals surface area (Å²) >= 11 is 6.03. The number of carbonyl (C=O) groups excluding carboxylic acids is 1. The largest absolute Gasteiger partial charge is 0.384 e. The maximum Gasteiger partial charge on any atom is 0.185 e. The number of rotatable bonds is 7. The third-order valence-electron chi connectivity index (χ3n) is 3.81. The zero-order chi connectivity index (χ0) is 17.7. The number of aromatic nitrogens is 2. The summed E-state index contributed by atoms with van der Waals surface area (Å²) in [4.78, 5) is 17.2. The Kier molecular flexibility index (Phi) is 6.56. The summed E-state index contributed by atoms with van der Waals surface area (Å²) in [5, 5.41) is 0.671. The van der Waals surface area contributed by atoms with E-state index in [-0.39, 0.29) is 17.0 Å². The predicted octanol–water partition coefficient (Wildman–Crippen LogP) is 4.27. The highest BCUT2D eigenvalue weighted by Gasteiger charge is 2.23. The molecule has 24 heavy (non-hydrogen) atoms. The number of hydrogen-bond donors (Lipinski definition) is 0. The molecule has 4 nitrogen and oxygen atoms in total. The van der Waals surface area contributed by atoms with Crippen LogP contribution in [-0.4, -0.2) is 40.4 Å². The second-order valence-corrected chi connectivity index (χ2v) is 8.96. The molecule has 130 valence electrons. The van der Waals surface area contributed by atoms with Gasteiger partial charge in [0.25, 0.3) is 0 Å². The number of hydrogen-bond acceptors (Lipinski definition) is 3. The number of allylic oxidation sites excluding steroid dienone is 6. The Morgan fingerprint density at radius 3 is 2.92 bits per heavy atom. The lowest BCUT2D eigenvalue weighted by Gasteiger charge is -2.23. The minimum Gasteiger partial charge on any atom is -0.384 e. The van der Waals surface area contributed by atoms with E-state index in [0.29, 0.717) is 32.1 Å². The molecule has 0 aliphatic heterocycles. The van der Waals surface area contributed by atoms with E-state index in [1.807, 2.05) is 41.9 Å². The topological polar surface area (TPSA) is 44.1 Å². The number of nitrogens with zero attached hydrogens (tertiary/aromatic N) is 2. The van der Waals surface area contributed by atoms with Crippen molar-refractivity contribution in [2.75, 3.05) is 19.9 Å². The second kappa shape index (κ2) is 8.24. The molecule has 2 unspecified atom stereocenters. The molecule has 1 aromatic heterocycles. The van der Waals surface area contributed by atoms with Gasteiger partial charge in [-0.1, -0.05) is 43.7 Å². The lowest BCUT2D eigenvalue weighted by atomic mass is 10.2. The Morgan fingerprint density at radius 2 is 2.21 bits per heavy atom. The minimum absolute atomic E-state index is 0.00271. The fraction of sp³-hybridized carbons (Fsp3) is 0.444. The minimum atomic E-state index is -0.0621. The molecule has 1 aliphatic carbocycles. The third-order valence-corrected chi connectivity index (χ3v) is 5.66. The van der Waals surface area contributed by atoms with Crippen LogP contribution in [0.5, 0.6) is 0 Å². The van der Waals surface area contributed by atoms with E-state index in [4.69, 9.17) is 16.3 Å². The quantitative estimate of drug-likeness (QED) is 0.534. The number of methoxy groups -OCH3 is 1. The van der Waals surface area contributed by atoms with Crippen molar-refractivity contribution in [2.45, 2.75) is 32.0 Å². The smallest absolute Gasteiger partial charge is 0.185 e. The standard InChI is InChI=1S/C18H24ClN2O2P/c1-13-17(16(22)10-24-18(2,3)11-23-4)21(12-20-13)15-7-5-6-14(19)8-9-15/h5-9,12,15,24H,10-11H2,1-4H3. The molecule has 2 atom stereocenters. The molecule has 0 bridgehead atoms. The van der Waals surface area contributed by atoms with Gasteiger partial charge in [0.1, 0.15) is 5.69 Å². The van der Waals surface area contributed by atoms with Crippen LogP contribution < -0.4 is 0 Å². The van der Waals surface area contributed by atoms with Crippen LogP contribution in [0.15, 0.2) is 41.7 Å². The maximum absolute atomic E-state index is 12.8. The lowest BCUT2D eigenvalue weighted by molar-refractivity contribution is 0.101. The Hall–Kier alpha value is -1.22. The van der Waals surface area contributed by atoms with E-state index in [0.717, 1.165) is 5.69 Å². The zero-order valence-corrected chi connectivity index (χ0v) is 16.3. The molecular weight excluding hydrogens is 343 g/mol. The molecule has 1 heterocycles. The molecule has 1 aliphatic rings. The van der Waals surface area contributed by atoms with Crippen LogP contribution in [0.25, 0.3) is 0 Å². The first-order valence-corrected chi connectivity index (χ1v) is 9.45. The molecule has 2 rings (SSSR count). The van der Waals surface area contributed by atoms with Gasteiger partial charge in [-0.15, -0.1) is 8.58 Å². The molecule has 6 heteroatoms. The number of imidazole rings is 1. The summed E-state index contributed by atoms with van der Waals surface area (Å²) in [5.74, 6) is 0.123. The normalized spacial score (nSPS) is 18.2. The predicted molar refractivity (Wildman–Crippen MR) is 102 cm³/mol. The van der Waals surface area contributed by atoms with E-state index in [2.05, 4.69) is 18.8 Å². The highest BCUT2D eigenvalue weighted by molar-refractivity contribution is 7.41. The number of aryl methyl sites for hydroxylation is 1. The average molecular weight is 367 g/mol. The van der Waals surface area contributed by atoms with Gasteiger partial charge in [0.05, 0.1) is 24.7 Å². The Bertz CT molecular complexity index is 689. The van der Waals surface area contributed by atoms with Crippen LogP contribution in [-0.2, 0) is 4.74 Å². The van der Waals surface area contributed by atoms with Crippen molar-refractivity contribution in [1.82, 2.24) is 9.55 Å². The molecule has 0 saturated carbocycles. The molecule has 0 saturated heterocycles. The highest BCUT2D eigenvalue weighted by atomic mass is 35.5. The fourth-order valence-corrected chi connectivity index (χ4v) is 3.80. The number of halogens is 1. The molecule has 0 amide bonds. The van der Waals surface area contributed by atoms with Gasteiger partial charge in [-0.3, -0.25) is 4.79 Å². The molecule has 1 aromatic rings. The number of carbonyl (C=O) groups is 1. The van der Waals surface area contributed by atoms with Gasteiger partial charge in [-0.2, -0.15) is 0 Å². The summed E-state index contributed by atoms with van der Waals surface area (Å²) in [7, 11) is 2.19. The summed E-state index contributed by atoms with van der Waals surface area (Å²) < 4.78 is 7.16. The summed E-state index contributed by atoms with van der Waals surface area (Å²) in [6, 6.07) is -0.0621. The van der Waals surface area contributed by atoms with Crippen molar-refractivity contribution >= 4 is 26.0 Å². The first-order valence-electron chi connectivity index (χ1n) is 7.87. The molecular formula is C18H24ClN2O2P. The average Bonchev–Trinajstić information content (AvgIpc) is 2.76. The Labute approximate surface area is 150 Å². The summed E-state index contributed by atoms with van der Waals surface area (Å²) in [6.45, 7) is 6.77. The van der Waals surface area contributed by atoms with Crippen molar-refractivity contribution in [3.05, 3.63) is 53.1 Å². The van der Waals surface area contributed by atoms with Crippen LogP contribution in [0.2, 0.25) is 0 Å². The number of Topliss-reactive ketones (excluding diaryl/α,β-unsaturated/α-hetero) is 1. The van der Waals surface area contributed by atoms with Crippen molar-refractivity contribution in [1.29, 1.82) is 0 Å². The fourth-order valence-electron chi connectivity index (χ4n) is 2.60. The number of ether oxygens (including phenoxy) is 1. The van der Waals surface area contributed by atoms with Crippen molar-refractivity contribution in [3.8, 4) is 0 Å². The van der Waals surface area contributed by atoms with E-state index in [1.54, 1.807) is 13.4 Å². The maximum atomic E-state index is 12.8. The van der Waals surface area contributed by atoms with E-state index in [9.17, 15) is 4.79 Å². The molecule has 0 N–H and O–H groups in total. The third kappa shape index (κ3) is 4.89. The second-order valence-electron chi connectivity index (χ2n) is 6.47. The van der Waals surface area contributed by atoms with Crippen LogP contribution in [0, 0.1) is 6.92 Å². The van der Waals surface area contributed by atoms with Gasteiger partial charge >= 0.3 is 0 Å². The summed E-state index contributed by atoms with van der Waals surface area (Å²) in [6.07, 6.45) is 11.8. The van der Waals surface area contributed by atoms with Gasteiger partial charge in [-0.25, -0.2) is 4.98 Å². The monoisotopic (exact) mass is 366 g/mol. The molecule has 0 fully saturated rings. The zero-order valence-electron chi connectivity index (χ0n) is 14.5. The van der Waals surface area contributed by atoms with E-state index in [1.165, 1.54) is 0 Å². The van der Waals surface area contributed by atoms with Crippen LogP contribution in [0.1, 0.15) is 36.1 Å².